The molecule has 0 aromatic heterocycles. The van der Waals surface area contributed by atoms with E-state index in [4.69, 9.17) is 5.73 Å². The molecule has 3 N–H and O–H groups in total. The second-order valence-electron chi connectivity index (χ2n) is 4.66. The fraction of sp³-hybridized carbons (Fsp3) is 0.750. The standard InChI is InChI=1S/C12H23N3OS/c1-9(2)11(14-12(16)10(3)13)6-4-5-7-15-8-17-15/h10-11H,1,4-8,13H2,2-3H3,(H,14,16). The molecule has 0 aromatic rings. The first kappa shape index (κ1) is 14.5. The van der Waals surface area contributed by atoms with E-state index in [-0.39, 0.29) is 11.9 Å². The van der Waals surface area contributed by atoms with E-state index < -0.39 is 6.04 Å². The molecule has 0 saturated carbocycles. The SMILES string of the molecule is C=C(C)C(CCCCN1CS1)NC(=O)C(C)N. The molecule has 1 amide bonds. The Morgan fingerprint density at radius 1 is 1.59 bits per heavy atom. The van der Waals surface area contributed by atoms with Gasteiger partial charge in [0.1, 0.15) is 0 Å². The summed E-state index contributed by atoms with van der Waals surface area (Å²) in [7, 11) is 0. The Kier molecular flexibility index (Phi) is 6.02. The fourth-order valence-corrected chi connectivity index (χ4v) is 2.02. The van der Waals surface area contributed by atoms with Gasteiger partial charge in [-0.15, -0.1) is 0 Å². The molecule has 98 valence electrons. The van der Waals surface area contributed by atoms with Crippen LogP contribution in [0.4, 0.5) is 0 Å². The molecule has 1 fully saturated rings. The van der Waals surface area contributed by atoms with Crippen molar-refractivity contribution in [1.82, 2.24) is 9.62 Å². The van der Waals surface area contributed by atoms with Gasteiger partial charge in [-0.3, -0.25) is 4.79 Å². The predicted octanol–water partition coefficient (Wildman–Crippen LogP) is 1.49. The number of nitrogens with one attached hydrogen (secondary N) is 1. The first-order valence-electron chi connectivity index (χ1n) is 6.10. The number of amides is 1. The lowest BCUT2D eigenvalue weighted by atomic mass is 10.0. The van der Waals surface area contributed by atoms with Gasteiger partial charge in [0.25, 0.3) is 0 Å². The second-order valence-corrected chi connectivity index (χ2v) is 5.69. The van der Waals surface area contributed by atoms with Crippen LogP contribution in [-0.4, -0.2) is 34.7 Å². The van der Waals surface area contributed by atoms with Crippen LogP contribution in [0, 0.1) is 0 Å². The highest BCUT2D eigenvalue weighted by Gasteiger charge is 2.18. The average Bonchev–Trinajstić information content (AvgIpc) is 3.05. The van der Waals surface area contributed by atoms with Crippen molar-refractivity contribution in [1.29, 1.82) is 0 Å². The van der Waals surface area contributed by atoms with Crippen molar-refractivity contribution < 1.29 is 4.79 Å². The Labute approximate surface area is 108 Å². The first-order chi connectivity index (χ1) is 8.00. The van der Waals surface area contributed by atoms with E-state index in [9.17, 15) is 4.79 Å². The molecule has 17 heavy (non-hydrogen) atoms. The molecule has 0 spiro atoms. The maximum absolute atomic E-state index is 11.5. The van der Waals surface area contributed by atoms with Gasteiger partial charge in [0, 0.05) is 12.6 Å². The van der Waals surface area contributed by atoms with E-state index in [1.807, 2.05) is 18.9 Å². The normalized spacial score (nSPS) is 21.7. The highest BCUT2D eigenvalue weighted by Crippen LogP contribution is 2.27. The average molecular weight is 257 g/mol. The van der Waals surface area contributed by atoms with Crippen LogP contribution in [0.2, 0.25) is 0 Å². The van der Waals surface area contributed by atoms with Crippen molar-refractivity contribution >= 4 is 17.9 Å². The molecule has 0 aromatic carbocycles. The van der Waals surface area contributed by atoms with Gasteiger partial charge in [0.2, 0.25) is 5.91 Å². The number of nitrogens with two attached hydrogens (primary N) is 1. The van der Waals surface area contributed by atoms with Crippen LogP contribution in [0.1, 0.15) is 33.1 Å². The lowest BCUT2D eigenvalue weighted by molar-refractivity contribution is -0.122. The molecule has 0 bridgehead atoms. The van der Waals surface area contributed by atoms with Crippen LogP contribution >= 0.6 is 11.9 Å². The summed E-state index contributed by atoms with van der Waals surface area (Å²) in [5, 5.41) is 2.94. The minimum Gasteiger partial charge on any atom is -0.348 e. The van der Waals surface area contributed by atoms with E-state index in [1.165, 1.54) is 12.3 Å². The van der Waals surface area contributed by atoms with Gasteiger partial charge in [-0.2, -0.15) is 0 Å². The summed E-state index contributed by atoms with van der Waals surface area (Å²) in [6.07, 6.45) is 3.23. The molecule has 4 nitrogen and oxygen atoms in total. The van der Waals surface area contributed by atoms with Crippen LogP contribution in [0.3, 0.4) is 0 Å². The molecule has 3 atom stereocenters. The number of hydrogen-bond acceptors (Lipinski definition) is 4. The minimum atomic E-state index is -0.453. The summed E-state index contributed by atoms with van der Waals surface area (Å²) in [6.45, 7) is 8.72. The van der Waals surface area contributed by atoms with Crippen LogP contribution in [0.5, 0.6) is 0 Å². The zero-order valence-corrected chi connectivity index (χ0v) is 11.6. The first-order valence-corrected chi connectivity index (χ1v) is 7.04. The topological polar surface area (TPSA) is 58.1 Å². The zero-order chi connectivity index (χ0) is 12.8. The number of carbonyl (C=O) groups is 1. The van der Waals surface area contributed by atoms with E-state index in [2.05, 4.69) is 16.2 Å². The van der Waals surface area contributed by atoms with E-state index in [1.54, 1.807) is 6.92 Å². The number of hydrogen-bond donors (Lipinski definition) is 2. The molecule has 1 saturated heterocycles. The Balaban J connectivity index is 2.21. The summed E-state index contributed by atoms with van der Waals surface area (Å²) >= 11 is 1.88. The second kappa shape index (κ2) is 7.03. The third kappa shape index (κ3) is 6.10. The van der Waals surface area contributed by atoms with Crippen molar-refractivity contribution in [2.45, 2.75) is 45.2 Å². The smallest absolute Gasteiger partial charge is 0.237 e. The maximum atomic E-state index is 11.5. The van der Waals surface area contributed by atoms with E-state index in [0.29, 0.717) is 0 Å². The lowest BCUT2D eigenvalue weighted by Crippen LogP contribution is -2.44. The van der Waals surface area contributed by atoms with Crippen LogP contribution in [0.25, 0.3) is 0 Å². The van der Waals surface area contributed by atoms with Gasteiger partial charge >= 0.3 is 0 Å². The van der Waals surface area contributed by atoms with Crippen molar-refractivity contribution in [3.05, 3.63) is 12.2 Å². The van der Waals surface area contributed by atoms with Gasteiger partial charge < -0.3 is 11.1 Å². The summed E-state index contributed by atoms with van der Waals surface area (Å²) < 4.78 is 2.33. The molecular formula is C12H23N3OS. The highest BCUT2D eigenvalue weighted by atomic mass is 32.2. The maximum Gasteiger partial charge on any atom is 0.237 e. The van der Waals surface area contributed by atoms with Gasteiger partial charge in [-0.05, 0) is 33.1 Å². The molecule has 1 heterocycles. The minimum absolute atomic E-state index is 0.0651. The van der Waals surface area contributed by atoms with Crippen molar-refractivity contribution in [3.8, 4) is 0 Å². The van der Waals surface area contributed by atoms with Crippen LogP contribution in [-0.2, 0) is 4.79 Å². The number of carbonyl (C=O) groups excluding carboxylic acids is 1. The zero-order valence-electron chi connectivity index (χ0n) is 10.7. The van der Waals surface area contributed by atoms with E-state index in [0.717, 1.165) is 25.0 Å². The summed E-state index contributed by atoms with van der Waals surface area (Å²) in [4.78, 5) is 11.5. The van der Waals surface area contributed by atoms with Gasteiger partial charge in [0.05, 0.1) is 11.9 Å². The predicted molar refractivity (Wildman–Crippen MR) is 73.4 cm³/mol. The summed E-state index contributed by atoms with van der Waals surface area (Å²) in [6, 6.07) is -0.388. The van der Waals surface area contributed by atoms with Gasteiger partial charge in [-0.1, -0.05) is 24.1 Å². The number of unbranched alkanes of at least 4 members (excludes halogenated alkanes) is 1. The molecule has 1 aliphatic heterocycles. The Hall–Kier alpha value is -0.520. The van der Waals surface area contributed by atoms with Crippen LogP contribution < -0.4 is 11.1 Å². The Morgan fingerprint density at radius 2 is 2.24 bits per heavy atom. The van der Waals surface area contributed by atoms with Crippen LogP contribution in [0.15, 0.2) is 12.2 Å². The molecule has 3 unspecified atom stereocenters. The highest BCUT2D eigenvalue weighted by molar-refractivity contribution is 8.02. The molecular weight excluding hydrogens is 234 g/mol. The fourth-order valence-electron chi connectivity index (χ4n) is 1.55. The largest absolute Gasteiger partial charge is 0.348 e. The van der Waals surface area contributed by atoms with E-state index >= 15 is 0 Å². The monoisotopic (exact) mass is 257 g/mol. The third-order valence-corrected chi connectivity index (χ3v) is 3.59. The van der Waals surface area contributed by atoms with Crippen molar-refractivity contribution in [2.24, 2.45) is 5.73 Å². The summed E-state index contributed by atoms with van der Waals surface area (Å²) in [5.74, 6) is 1.07. The van der Waals surface area contributed by atoms with Gasteiger partial charge in [0.15, 0.2) is 0 Å². The lowest BCUT2D eigenvalue weighted by Gasteiger charge is -2.20. The molecule has 1 rings (SSSR count). The van der Waals surface area contributed by atoms with Crippen molar-refractivity contribution in [2.75, 3.05) is 12.4 Å². The Bertz CT molecular complexity index is 277. The van der Waals surface area contributed by atoms with Gasteiger partial charge in [-0.25, -0.2) is 4.31 Å². The molecule has 5 heteroatoms. The molecule has 0 radical (unpaired) electrons. The van der Waals surface area contributed by atoms with Crippen molar-refractivity contribution in [3.63, 3.8) is 0 Å². The number of rotatable bonds is 8. The summed E-state index contributed by atoms with van der Waals surface area (Å²) in [5.41, 5.74) is 6.54. The Morgan fingerprint density at radius 3 is 2.71 bits per heavy atom. The molecule has 1 aliphatic rings. The molecule has 0 aliphatic carbocycles. The third-order valence-electron chi connectivity index (χ3n) is 2.79. The quantitative estimate of drug-likeness (QED) is 0.299. The number of nitrogens with zero attached hydrogens (tertiary/aromatic N) is 1.